The van der Waals surface area contributed by atoms with E-state index in [2.05, 4.69) is 9.71 Å². The number of hydrogen-bond acceptors (Lipinski definition) is 4. The number of benzene rings is 2. The number of aromatic nitrogens is 1. The Balaban J connectivity index is 1.84. The van der Waals surface area contributed by atoms with Crippen LogP contribution in [-0.2, 0) is 10.0 Å². The van der Waals surface area contributed by atoms with Crippen molar-refractivity contribution in [3.63, 3.8) is 0 Å². The second-order valence-electron chi connectivity index (χ2n) is 5.54. The molecule has 0 saturated carbocycles. The van der Waals surface area contributed by atoms with Crippen LogP contribution in [0.1, 0.15) is 5.56 Å². The normalized spacial score (nSPS) is 11.1. The van der Waals surface area contributed by atoms with Gasteiger partial charge in [-0.05, 0) is 48.4 Å². The maximum Gasteiger partial charge on any atom is 0.263 e. The molecular formula is C19H18N2O3S. The molecule has 0 fully saturated rings. The number of nitrogens with one attached hydrogen (secondary N) is 1. The Hall–Kier alpha value is -2.86. The van der Waals surface area contributed by atoms with Crippen molar-refractivity contribution >= 4 is 15.8 Å². The predicted octanol–water partition coefficient (Wildman–Crippen LogP) is 3.87. The number of rotatable bonds is 5. The van der Waals surface area contributed by atoms with Gasteiger partial charge >= 0.3 is 0 Å². The minimum absolute atomic E-state index is 0.197. The fraction of sp³-hybridized carbons (Fsp3) is 0.105. The molecule has 3 aromatic rings. The third kappa shape index (κ3) is 3.80. The first-order valence-corrected chi connectivity index (χ1v) is 9.17. The lowest BCUT2D eigenvalue weighted by molar-refractivity contribution is 0.414. The molecule has 0 atom stereocenters. The summed E-state index contributed by atoms with van der Waals surface area (Å²) in [6.45, 7) is 1.73. The van der Waals surface area contributed by atoms with E-state index in [1.165, 1.54) is 6.07 Å². The SMILES string of the molecule is COc1ccc(S(=O)(=O)Nc2ccc(-c3ccccc3)cn2)c(C)c1. The Morgan fingerprint density at radius 1 is 0.960 bits per heavy atom. The van der Waals surface area contributed by atoms with Gasteiger partial charge in [0.15, 0.2) is 0 Å². The minimum atomic E-state index is -3.71. The lowest BCUT2D eigenvalue weighted by atomic mass is 10.1. The molecule has 1 aromatic heterocycles. The zero-order chi connectivity index (χ0) is 17.9. The van der Waals surface area contributed by atoms with E-state index in [0.717, 1.165) is 11.1 Å². The van der Waals surface area contributed by atoms with Crippen LogP contribution in [0.2, 0.25) is 0 Å². The molecular weight excluding hydrogens is 336 g/mol. The van der Waals surface area contributed by atoms with Gasteiger partial charge in [0, 0.05) is 11.8 Å². The van der Waals surface area contributed by atoms with E-state index in [1.54, 1.807) is 38.4 Å². The van der Waals surface area contributed by atoms with Gasteiger partial charge in [-0.2, -0.15) is 0 Å². The molecule has 6 heteroatoms. The molecule has 0 amide bonds. The molecule has 0 saturated heterocycles. The fourth-order valence-electron chi connectivity index (χ4n) is 2.50. The molecule has 0 aliphatic rings. The van der Waals surface area contributed by atoms with E-state index in [1.807, 2.05) is 36.4 Å². The van der Waals surface area contributed by atoms with Crippen molar-refractivity contribution in [1.29, 1.82) is 0 Å². The Labute approximate surface area is 147 Å². The summed E-state index contributed by atoms with van der Waals surface area (Å²) in [5.41, 5.74) is 2.55. The molecule has 1 N–H and O–H groups in total. The summed E-state index contributed by atoms with van der Waals surface area (Å²) in [5.74, 6) is 0.886. The van der Waals surface area contributed by atoms with Crippen molar-refractivity contribution < 1.29 is 13.2 Å². The van der Waals surface area contributed by atoms with E-state index in [4.69, 9.17) is 4.74 Å². The summed E-state index contributed by atoms with van der Waals surface area (Å²) in [5, 5.41) is 0. The molecule has 5 nitrogen and oxygen atoms in total. The molecule has 0 bridgehead atoms. The third-order valence-electron chi connectivity index (χ3n) is 3.78. The lowest BCUT2D eigenvalue weighted by Gasteiger charge is -2.11. The first-order valence-electron chi connectivity index (χ1n) is 7.68. The number of methoxy groups -OCH3 is 1. The van der Waals surface area contributed by atoms with Gasteiger partial charge in [-0.1, -0.05) is 30.3 Å². The van der Waals surface area contributed by atoms with Crippen molar-refractivity contribution in [2.45, 2.75) is 11.8 Å². The quantitative estimate of drug-likeness (QED) is 0.755. The van der Waals surface area contributed by atoms with Gasteiger partial charge in [0.2, 0.25) is 0 Å². The second kappa shape index (κ2) is 6.94. The van der Waals surface area contributed by atoms with E-state index in [0.29, 0.717) is 11.3 Å². The maximum absolute atomic E-state index is 12.6. The van der Waals surface area contributed by atoms with E-state index in [-0.39, 0.29) is 10.7 Å². The number of hydrogen-bond donors (Lipinski definition) is 1. The smallest absolute Gasteiger partial charge is 0.263 e. The van der Waals surface area contributed by atoms with Gasteiger partial charge in [-0.15, -0.1) is 0 Å². The number of aryl methyl sites for hydroxylation is 1. The van der Waals surface area contributed by atoms with Crippen LogP contribution in [0.4, 0.5) is 5.82 Å². The lowest BCUT2D eigenvalue weighted by Crippen LogP contribution is -2.15. The number of ether oxygens (including phenoxy) is 1. The van der Waals surface area contributed by atoms with Crippen molar-refractivity contribution in [3.8, 4) is 16.9 Å². The molecule has 0 spiro atoms. The molecule has 0 radical (unpaired) electrons. The van der Waals surface area contributed by atoms with Crippen molar-refractivity contribution in [3.05, 3.63) is 72.4 Å². The van der Waals surface area contributed by atoms with Crippen LogP contribution in [0.25, 0.3) is 11.1 Å². The van der Waals surface area contributed by atoms with E-state index < -0.39 is 10.0 Å². The molecule has 128 valence electrons. The van der Waals surface area contributed by atoms with Gasteiger partial charge in [-0.25, -0.2) is 13.4 Å². The average Bonchev–Trinajstić information content (AvgIpc) is 2.62. The maximum atomic E-state index is 12.6. The van der Waals surface area contributed by atoms with Gasteiger partial charge in [0.05, 0.1) is 12.0 Å². The number of nitrogens with zero attached hydrogens (tertiary/aromatic N) is 1. The summed E-state index contributed by atoms with van der Waals surface area (Å²) < 4.78 is 32.8. The van der Waals surface area contributed by atoms with Crippen molar-refractivity contribution in [2.24, 2.45) is 0 Å². The molecule has 0 aliphatic carbocycles. The summed E-state index contributed by atoms with van der Waals surface area (Å²) in [6, 6.07) is 18.1. The van der Waals surface area contributed by atoms with Crippen molar-refractivity contribution in [2.75, 3.05) is 11.8 Å². The molecule has 0 unspecified atom stereocenters. The first kappa shape index (κ1) is 17.0. The van der Waals surface area contributed by atoms with Crippen LogP contribution in [0.3, 0.4) is 0 Å². The van der Waals surface area contributed by atoms with Crippen LogP contribution in [-0.4, -0.2) is 20.5 Å². The first-order chi connectivity index (χ1) is 12.0. The average molecular weight is 354 g/mol. The van der Waals surface area contributed by atoms with E-state index in [9.17, 15) is 8.42 Å². The largest absolute Gasteiger partial charge is 0.497 e. The Morgan fingerprint density at radius 2 is 1.72 bits per heavy atom. The zero-order valence-electron chi connectivity index (χ0n) is 13.9. The standard InChI is InChI=1S/C19H18N2O3S/c1-14-12-17(24-2)9-10-18(14)25(22,23)21-19-11-8-16(13-20-19)15-6-4-3-5-7-15/h3-13H,1-2H3,(H,20,21). The zero-order valence-corrected chi connectivity index (χ0v) is 14.7. The number of anilines is 1. The van der Waals surface area contributed by atoms with Crippen LogP contribution in [0.15, 0.2) is 71.8 Å². The topological polar surface area (TPSA) is 68.3 Å². The van der Waals surface area contributed by atoms with Gasteiger partial charge < -0.3 is 4.74 Å². The van der Waals surface area contributed by atoms with Crippen LogP contribution in [0, 0.1) is 6.92 Å². The summed E-state index contributed by atoms with van der Waals surface area (Å²) in [6.07, 6.45) is 1.65. The Bertz CT molecular complexity index is 969. The molecule has 1 heterocycles. The van der Waals surface area contributed by atoms with Gasteiger partial charge in [0.25, 0.3) is 10.0 Å². The predicted molar refractivity (Wildman–Crippen MR) is 98.2 cm³/mol. The minimum Gasteiger partial charge on any atom is -0.497 e. The molecule has 3 rings (SSSR count). The van der Waals surface area contributed by atoms with Crippen LogP contribution in [0.5, 0.6) is 5.75 Å². The fourth-order valence-corrected chi connectivity index (χ4v) is 3.73. The highest BCUT2D eigenvalue weighted by Crippen LogP contribution is 2.24. The molecule has 25 heavy (non-hydrogen) atoms. The van der Waals surface area contributed by atoms with Gasteiger partial charge in [-0.3, -0.25) is 4.72 Å². The molecule has 0 aliphatic heterocycles. The van der Waals surface area contributed by atoms with Crippen molar-refractivity contribution in [1.82, 2.24) is 4.98 Å². The van der Waals surface area contributed by atoms with Crippen LogP contribution < -0.4 is 9.46 Å². The van der Waals surface area contributed by atoms with Gasteiger partial charge in [0.1, 0.15) is 11.6 Å². The Kier molecular flexibility index (Phi) is 4.72. The third-order valence-corrected chi connectivity index (χ3v) is 5.30. The highest BCUT2D eigenvalue weighted by atomic mass is 32.2. The Morgan fingerprint density at radius 3 is 2.32 bits per heavy atom. The van der Waals surface area contributed by atoms with Crippen LogP contribution >= 0.6 is 0 Å². The summed E-state index contributed by atoms with van der Waals surface area (Å²) in [4.78, 5) is 4.41. The summed E-state index contributed by atoms with van der Waals surface area (Å²) in [7, 11) is -2.17. The highest BCUT2D eigenvalue weighted by Gasteiger charge is 2.18. The number of sulfonamides is 1. The molecule has 2 aromatic carbocycles. The second-order valence-corrected chi connectivity index (χ2v) is 7.19. The summed E-state index contributed by atoms with van der Waals surface area (Å²) >= 11 is 0. The highest BCUT2D eigenvalue weighted by molar-refractivity contribution is 7.92. The number of pyridine rings is 1. The van der Waals surface area contributed by atoms with E-state index >= 15 is 0 Å². The monoisotopic (exact) mass is 354 g/mol.